The second kappa shape index (κ2) is 5.67. The van der Waals surface area contributed by atoms with Gasteiger partial charge in [0.2, 0.25) is 0 Å². The van der Waals surface area contributed by atoms with Gasteiger partial charge in [-0.15, -0.1) is 0 Å². The van der Waals surface area contributed by atoms with Crippen LogP contribution in [-0.4, -0.2) is 16.3 Å². The molecular formula is C12H18BrN3O. The van der Waals surface area contributed by atoms with Gasteiger partial charge in [0.15, 0.2) is 0 Å². The molecule has 1 fully saturated rings. The van der Waals surface area contributed by atoms with Crippen molar-refractivity contribution in [3.8, 4) is 0 Å². The summed E-state index contributed by atoms with van der Waals surface area (Å²) in [5.41, 5.74) is 0.756. The van der Waals surface area contributed by atoms with E-state index in [-0.39, 0.29) is 5.56 Å². The van der Waals surface area contributed by atoms with Crippen LogP contribution in [0.15, 0.2) is 15.5 Å². The van der Waals surface area contributed by atoms with Gasteiger partial charge in [0.1, 0.15) is 4.47 Å². The second-order valence-corrected chi connectivity index (χ2v) is 5.35. The lowest BCUT2D eigenvalue weighted by Gasteiger charge is -2.09. The quantitative estimate of drug-likeness (QED) is 0.878. The number of rotatable bonds is 6. The van der Waals surface area contributed by atoms with E-state index < -0.39 is 0 Å². The zero-order chi connectivity index (χ0) is 12.3. The molecule has 1 N–H and O–H groups in total. The van der Waals surface area contributed by atoms with Crippen molar-refractivity contribution in [2.75, 3.05) is 11.9 Å². The summed E-state index contributed by atoms with van der Waals surface area (Å²) < 4.78 is 2.09. The zero-order valence-electron chi connectivity index (χ0n) is 10.1. The van der Waals surface area contributed by atoms with Gasteiger partial charge in [-0.1, -0.05) is 19.8 Å². The molecule has 0 aliphatic heterocycles. The van der Waals surface area contributed by atoms with Crippen LogP contribution in [0.3, 0.4) is 0 Å². The topological polar surface area (TPSA) is 46.9 Å². The first-order valence-electron chi connectivity index (χ1n) is 6.22. The van der Waals surface area contributed by atoms with Crippen LogP contribution in [0.5, 0.6) is 0 Å². The molecule has 0 saturated heterocycles. The molecule has 94 valence electrons. The Labute approximate surface area is 110 Å². The minimum Gasteiger partial charge on any atom is -0.383 e. The van der Waals surface area contributed by atoms with Crippen molar-refractivity contribution in [1.82, 2.24) is 9.78 Å². The number of anilines is 1. The third-order valence-electron chi connectivity index (χ3n) is 2.99. The minimum atomic E-state index is -0.0525. The molecule has 1 saturated carbocycles. The molecule has 1 aromatic heterocycles. The van der Waals surface area contributed by atoms with Crippen LogP contribution in [0.1, 0.15) is 32.6 Å². The van der Waals surface area contributed by atoms with E-state index in [0.717, 1.165) is 24.6 Å². The average molecular weight is 300 g/mol. The van der Waals surface area contributed by atoms with Gasteiger partial charge in [-0.2, -0.15) is 5.10 Å². The van der Waals surface area contributed by atoms with E-state index in [1.807, 2.05) is 6.92 Å². The SMILES string of the molecule is CCCn1ncc(NCCC2CC2)c(Br)c1=O. The number of aryl methyl sites for hydroxylation is 1. The Morgan fingerprint density at radius 1 is 1.59 bits per heavy atom. The highest BCUT2D eigenvalue weighted by Crippen LogP contribution is 2.32. The molecule has 4 nitrogen and oxygen atoms in total. The second-order valence-electron chi connectivity index (χ2n) is 4.56. The van der Waals surface area contributed by atoms with Crippen molar-refractivity contribution in [3.05, 3.63) is 21.0 Å². The molecule has 17 heavy (non-hydrogen) atoms. The van der Waals surface area contributed by atoms with Crippen molar-refractivity contribution in [3.63, 3.8) is 0 Å². The van der Waals surface area contributed by atoms with Gasteiger partial charge in [-0.3, -0.25) is 4.79 Å². The van der Waals surface area contributed by atoms with Gasteiger partial charge in [-0.25, -0.2) is 4.68 Å². The maximum absolute atomic E-state index is 11.9. The first kappa shape index (κ1) is 12.6. The molecule has 0 radical (unpaired) electrons. The fourth-order valence-corrected chi connectivity index (χ4v) is 2.22. The standard InChI is InChI=1S/C12H18BrN3O/c1-2-7-16-12(17)11(13)10(8-15-16)14-6-5-9-3-4-9/h8-9,14H,2-7H2,1H3. The molecule has 2 rings (SSSR count). The molecule has 0 bridgehead atoms. The fraction of sp³-hybridized carbons (Fsp3) is 0.667. The highest BCUT2D eigenvalue weighted by atomic mass is 79.9. The molecular weight excluding hydrogens is 282 g/mol. The summed E-state index contributed by atoms with van der Waals surface area (Å²) in [4.78, 5) is 11.9. The summed E-state index contributed by atoms with van der Waals surface area (Å²) in [6, 6.07) is 0. The lowest BCUT2D eigenvalue weighted by Crippen LogP contribution is -2.24. The van der Waals surface area contributed by atoms with E-state index >= 15 is 0 Å². The molecule has 5 heteroatoms. The number of aromatic nitrogens is 2. The number of halogens is 1. The lowest BCUT2D eigenvalue weighted by atomic mass is 10.3. The third-order valence-corrected chi connectivity index (χ3v) is 3.75. The highest BCUT2D eigenvalue weighted by Gasteiger charge is 2.20. The van der Waals surface area contributed by atoms with Gasteiger partial charge in [0, 0.05) is 13.1 Å². The Hall–Kier alpha value is -0.840. The largest absolute Gasteiger partial charge is 0.383 e. The summed E-state index contributed by atoms with van der Waals surface area (Å²) >= 11 is 3.35. The molecule has 1 aliphatic rings. The molecule has 0 atom stereocenters. The van der Waals surface area contributed by atoms with Crippen molar-refractivity contribution in [1.29, 1.82) is 0 Å². The van der Waals surface area contributed by atoms with Crippen LogP contribution in [0.2, 0.25) is 0 Å². The van der Waals surface area contributed by atoms with E-state index in [4.69, 9.17) is 0 Å². The Kier molecular flexibility index (Phi) is 4.20. The van der Waals surface area contributed by atoms with Crippen molar-refractivity contribution >= 4 is 21.6 Å². The van der Waals surface area contributed by atoms with Gasteiger partial charge >= 0.3 is 0 Å². The van der Waals surface area contributed by atoms with E-state index in [1.54, 1.807) is 6.20 Å². The first-order chi connectivity index (χ1) is 8.22. The molecule has 1 aliphatic carbocycles. The zero-order valence-corrected chi connectivity index (χ0v) is 11.7. The summed E-state index contributed by atoms with van der Waals surface area (Å²) in [6.45, 7) is 3.62. The average Bonchev–Trinajstić information content (AvgIpc) is 3.12. The summed E-state index contributed by atoms with van der Waals surface area (Å²) in [5, 5.41) is 7.43. The molecule has 1 aromatic rings. The maximum atomic E-state index is 11.9. The maximum Gasteiger partial charge on any atom is 0.283 e. The van der Waals surface area contributed by atoms with Crippen LogP contribution in [0.25, 0.3) is 0 Å². The molecule has 1 heterocycles. The predicted octanol–water partition coefficient (Wildman–Crippen LogP) is 2.63. The van der Waals surface area contributed by atoms with Crippen LogP contribution >= 0.6 is 15.9 Å². The summed E-state index contributed by atoms with van der Waals surface area (Å²) in [5.74, 6) is 0.898. The predicted molar refractivity (Wildman–Crippen MR) is 72.3 cm³/mol. The third kappa shape index (κ3) is 3.31. The summed E-state index contributed by atoms with van der Waals surface area (Å²) in [7, 11) is 0. The van der Waals surface area contributed by atoms with Crippen LogP contribution in [-0.2, 0) is 6.54 Å². The smallest absolute Gasteiger partial charge is 0.283 e. The summed E-state index contributed by atoms with van der Waals surface area (Å²) in [6.07, 6.45) is 6.55. The number of hydrogen-bond acceptors (Lipinski definition) is 3. The lowest BCUT2D eigenvalue weighted by molar-refractivity contribution is 0.565. The van der Waals surface area contributed by atoms with Crippen molar-refractivity contribution < 1.29 is 0 Å². The molecule has 0 aromatic carbocycles. The Bertz CT molecular complexity index is 440. The van der Waals surface area contributed by atoms with E-state index in [2.05, 4.69) is 26.3 Å². The van der Waals surface area contributed by atoms with E-state index in [1.165, 1.54) is 23.9 Å². The number of hydrogen-bond donors (Lipinski definition) is 1. The Morgan fingerprint density at radius 3 is 3.00 bits per heavy atom. The highest BCUT2D eigenvalue weighted by molar-refractivity contribution is 9.10. The normalized spacial score (nSPS) is 14.9. The Balaban J connectivity index is 2.01. The fourth-order valence-electron chi connectivity index (χ4n) is 1.78. The minimum absolute atomic E-state index is 0.0525. The Morgan fingerprint density at radius 2 is 2.35 bits per heavy atom. The number of nitrogens with one attached hydrogen (secondary N) is 1. The number of nitrogens with zero attached hydrogens (tertiary/aromatic N) is 2. The van der Waals surface area contributed by atoms with Crippen molar-refractivity contribution in [2.45, 2.75) is 39.2 Å². The van der Waals surface area contributed by atoms with E-state index in [0.29, 0.717) is 11.0 Å². The van der Waals surface area contributed by atoms with Gasteiger partial charge in [-0.05, 0) is 34.7 Å². The molecule has 0 unspecified atom stereocenters. The molecule has 0 amide bonds. The van der Waals surface area contributed by atoms with Gasteiger partial charge in [0.25, 0.3) is 5.56 Å². The van der Waals surface area contributed by atoms with E-state index in [9.17, 15) is 4.79 Å². The first-order valence-corrected chi connectivity index (χ1v) is 7.01. The van der Waals surface area contributed by atoms with Crippen molar-refractivity contribution in [2.24, 2.45) is 5.92 Å². The van der Waals surface area contributed by atoms with Gasteiger partial charge in [0.05, 0.1) is 11.9 Å². The van der Waals surface area contributed by atoms with Gasteiger partial charge < -0.3 is 5.32 Å². The van der Waals surface area contributed by atoms with Crippen LogP contribution < -0.4 is 10.9 Å². The van der Waals surface area contributed by atoms with Crippen LogP contribution in [0.4, 0.5) is 5.69 Å². The molecule has 0 spiro atoms. The van der Waals surface area contributed by atoms with Crippen LogP contribution in [0, 0.1) is 5.92 Å². The monoisotopic (exact) mass is 299 g/mol.